The molecule has 37 heteroatoms. The van der Waals surface area contributed by atoms with Crippen LogP contribution in [0.4, 0.5) is 41.6 Å². The monoisotopic (exact) mass is 1720 g/mol. The highest BCUT2D eigenvalue weighted by Crippen LogP contribution is 2.33. The van der Waals surface area contributed by atoms with E-state index in [1.165, 1.54) is 70.0 Å². The number of hydrogen-bond donors (Lipinski definition) is 6. The summed E-state index contributed by atoms with van der Waals surface area (Å²) in [7, 11) is 7.60. The van der Waals surface area contributed by atoms with E-state index in [1.807, 2.05) is 106 Å². The molecule has 652 valence electrons. The highest BCUT2D eigenvalue weighted by Gasteiger charge is 2.22. The van der Waals surface area contributed by atoms with Crippen LogP contribution < -0.4 is 98.2 Å². The van der Waals surface area contributed by atoms with Crippen molar-refractivity contribution >= 4 is 56.7 Å². The molecule has 4 fully saturated rings. The molecule has 0 saturated carbocycles. The van der Waals surface area contributed by atoms with Crippen molar-refractivity contribution in [1.82, 2.24) is 97.6 Å². The Morgan fingerprint density at radius 3 is 1.24 bits per heavy atom. The van der Waals surface area contributed by atoms with E-state index in [1.54, 1.807) is 81.6 Å². The Kier molecular flexibility index (Phi) is 27.1. The van der Waals surface area contributed by atoms with Crippen LogP contribution in [0, 0.1) is 31.3 Å². The van der Waals surface area contributed by atoms with E-state index in [0.29, 0.717) is 74.4 Å². The molecule has 2 aromatic carbocycles. The van der Waals surface area contributed by atoms with Crippen LogP contribution in [0.1, 0.15) is 18.3 Å². The summed E-state index contributed by atoms with van der Waals surface area (Å²) in [5.41, 5.74) is 11.1. The van der Waals surface area contributed by atoms with E-state index < -0.39 is 23.2 Å². The smallest absolute Gasteiger partial charge is 0.260 e. The van der Waals surface area contributed by atoms with Gasteiger partial charge in [0.25, 0.3) is 27.8 Å². The molecule has 4 saturated heterocycles. The number of aryl methyl sites for hydroxylation is 2. The zero-order chi connectivity index (χ0) is 88.1. The van der Waals surface area contributed by atoms with Crippen molar-refractivity contribution in [3.63, 3.8) is 0 Å². The molecule has 0 radical (unpaired) electrons. The molecular formula is C89H96F3N25O9. The number of nitrogens with zero attached hydrogens (tertiary/aromatic N) is 19. The van der Waals surface area contributed by atoms with Gasteiger partial charge in [-0.15, -0.1) is 0 Å². The third kappa shape index (κ3) is 20.1. The third-order valence-electron chi connectivity index (χ3n) is 21.5. The lowest BCUT2D eigenvalue weighted by Crippen LogP contribution is -2.49. The zero-order valence-corrected chi connectivity index (χ0v) is 70.8. The number of aromatic nitrogens is 15. The predicted molar refractivity (Wildman–Crippen MR) is 479 cm³/mol. The van der Waals surface area contributed by atoms with Crippen molar-refractivity contribution in [2.45, 2.75) is 26.8 Å². The standard InChI is InChI=1S/C19H18F2N4O2.C19H22N4O3.C18H18FN5O2.C17H20N6O.C16H18N6O/c1-27-19-14(20)8-12(9-15(19)21)16-10-18(26)25-11-13(2-3-17(25)23-16)24-6-4-22-5-7-24;1-20-8-9-21-14-5-7-18-22-15(11-19(24)23(18)12-14)13-4-6-16(25-2)17(10-13)26-3;1-26-18-14(19)8-12(10-21-18)15-9-17(25)24-11-13(2-3-16(24)22-15)23-6-4-20-5-7-23;1-12-8-21(6-5-18-12)14-3-4-15-20-16(7-17(24)23(15)10-14)22-9-13(2)19-11-22;1-12-9-21(11-18-12)15-8-16(23)22-10-13(2-3-14(22)19-15)20-6-4-17-5-7-20/h2-3,8-11,22H,4-7H2,1H3;4-7,10-12,20-21H,8-9H2,1-3H3;2-3,8-11,20H,4-7H2,1H3;3-4,7,9-12,18H,5-6,8H2,1-2H3;2-3,8-11,17H,4-7H2,1H3/t;;;12-;/m...0./s1. The van der Waals surface area contributed by atoms with Gasteiger partial charge in [-0.1, -0.05) is 0 Å². The number of nitrogens with one attached hydrogen (secondary N) is 6. The number of anilines is 5. The maximum absolute atomic E-state index is 14.0. The third-order valence-corrected chi connectivity index (χ3v) is 21.5. The number of rotatable bonds is 17. The zero-order valence-electron chi connectivity index (χ0n) is 70.8. The molecule has 4 aliphatic heterocycles. The van der Waals surface area contributed by atoms with Crippen LogP contribution in [0.2, 0.25) is 0 Å². The number of imidazole rings is 2. The van der Waals surface area contributed by atoms with E-state index in [0.717, 1.165) is 169 Å². The van der Waals surface area contributed by atoms with E-state index in [-0.39, 0.29) is 44.9 Å². The first-order valence-electron chi connectivity index (χ1n) is 41.1. The second-order valence-electron chi connectivity index (χ2n) is 30.1. The van der Waals surface area contributed by atoms with Gasteiger partial charge in [0.1, 0.15) is 52.5 Å². The Labute approximate surface area is 720 Å². The molecule has 0 amide bonds. The topological polar surface area (TPSA) is 342 Å². The summed E-state index contributed by atoms with van der Waals surface area (Å²) in [6.07, 6.45) is 17.6. The number of benzene rings is 2. The Balaban J connectivity index is 0.000000122. The van der Waals surface area contributed by atoms with Crippen LogP contribution in [-0.4, -0.2) is 224 Å². The summed E-state index contributed by atoms with van der Waals surface area (Å²) in [5.74, 6) is -0.436. The average molecular weight is 1720 g/mol. The highest BCUT2D eigenvalue weighted by atomic mass is 19.1. The first kappa shape index (κ1) is 86.5. The SMILES string of the molecule is CNCCNc1ccc2nc(-c3ccc(OC)c(OC)c3)cc(=O)n2c1.COc1c(F)cc(-c2cc(=O)n3cc(N4CCNCC4)ccc3n2)cc1F.COc1ncc(-c2cc(=O)n3cc(N4CCNCC4)ccc3n2)cc1F.Cc1cn(-c2cc(=O)n3cc(N4CCNCC4)ccc3n2)cn1.Cc1cn(-c2cc(=O)n3cc(N4CCN[C@@H](C)C4)ccc3n2)cn1. The van der Waals surface area contributed by atoms with E-state index in [4.69, 9.17) is 14.2 Å². The Hall–Kier alpha value is -14.4. The van der Waals surface area contributed by atoms with E-state index in [9.17, 15) is 37.1 Å². The van der Waals surface area contributed by atoms with Crippen molar-refractivity contribution in [1.29, 1.82) is 0 Å². The molecule has 6 N–H and O–H groups in total. The molecule has 15 aromatic rings. The number of ether oxygens (including phenoxy) is 4. The summed E-state index contributed by atoms with van der Waals surface area (Å²) >= 11 is 0. The minimum Gasteiger partial charge on any atom is -0.493 e. The van der Waals surface area contributed by atoms with Gasteiger partial charge in [-0.05, 0) is 125 Å². The number of likely N-dealkylation sites (N-methyl/N-ethyl adjacent to an activating group) is 1. The average Bonchev–Trinajstić information content (AvgIpc) is 0.866. The Bertz CT molecular complexity index is 6740. The lowest BCUT2D eigenvalue weighted by molar-refractivity contribution is 0.355. The molecule has 0 spiro atoms. The highest BCUT2D eigenvalue weighted by molar-refractivity contribution is 5.68. The molecule has 13 aromatic heterocycles. The van der Waals surface area contributed by atoms with Gasteiger partial charge in [-0.25, -0.2) is 53.0 Å². The van der Waals surface area contributed by atoms with Crippen LogP contribution in [0.3, 0.4) is 0 Å². The maximum Gasteiger partial charge on any atom is 0.260 e. The molecule has 4 aliphatic rings. The Morgan fingerprint density at radius 2 is 0.817 bits per heavy atom. The number of fused-ring (bicyclic) bond motifs is 5. The molecule has 0 unspecified atom stereocenters. The van der Waals surface area contributed by atoms with Crippen LogP contribution >= 0.6 is 0 Å². The molecule has 1 atom stereocenters. The number of pyridine rings is 6. The van der Waals surface area contributed by atoms with E-state index in [2.05, 4.69) is 103 Å². The van der Waals surface area contributed by atoms with Crippen molar-refractivity contribution in [3.8, 4) is 68.5 Å². The fourth-order valence-corrected chi connectivity index (χ4v) is 15.0. The van der Waals surface area contributed by atoms with Gasteiger partial charge in [-0.2, -0.15) is 0 Å². The van der Waals surface area contributed by atoms with Gasteiger partial charge < -0.3 is 70.4 Å². The van der Waals surface area contributed by atoms with Gasteiger partial charge in [-0.3, -0.25) is 55.1 Å². The number of halogens is 3. The first-order chi connectivity index (χ1) is 61.2. The lowest BCUT2D eigenvalue weighted by atomic mass is 10.1. The second kappa shape index (κ2) is 39.4. The first-order valence-corrected chi connectivity index (χ1v) is 41.1. The predicted octanol–water partition coefficient (Wildman–Crippen LogP) is 6.97. The summed E-state index contributed by atoms with van der Waals surface area (Å²) < 4.78 is 73.2. The molecule has 17 heterocycles. The molecule has 34 nitrogen and oxygen atoms in total. The minimum absolute atomic E-state index is 0.0895. The number of piperazine rings is 4. The van der Waals surface area contributed by atoms with E-state index >= 15 is 0 Å². The molecule has 0 aliphatic carbocycles. The molecule has 0 bridgehead atoms. The summed E-state index contributed by atoms with van der Waals surface area (Å²) in [6, 6.07) is 35.6. The summed E-state index contributed by atoms with van der Waals surface area (Å²) in [6.45, 7) is 21.3. The fourth-order valence-electron chi connectivity index (χ4n) is 15.0. The van der Waals surface area contributed by atoms with Gasteiger partial charge in [0.05, 0.1) is 85.3 Å². The van der Waals surface area contributed by atoms with Crippen molar-refractivity contribution in [3.05, 3.63) is 270 Å². The molecule has 126 heavy (non-hydrogen) atoms. The van der Waals surface area contributed by atoms with Crippen LogP contribution in [0.15, 0.2) is 214 Å². The van der Waals surface area contributed by atoms with Crippen LogP contribution in [-0.2, 0) is 0 Å². The van der Waals surface area contributed by atoms with Crippen LogP contribution in [0.25, 0.3) is 73.6 Å². The van der Waals surface area contributed by atoms with Gasteiger partial charge in [0.15, 0.2) is 34.7 Å². The molecule has 19 rings (SSSR count). The normalized spacial score (nSPS) is 14.6. The lowest BCUT2D eigenvalue weighted by Gasteiger charge is -2.33. The van der Waals surface area contributed by atoms with Gasteiger partial charge in [0, 0.05) is 214 Å². The number of hydrogen-bond acceptors (Lipinski definition) is 27. The largest absolute Gasteiger partial charge is 0.493 e. The maximum atomic E-state index is 14.0. The minimum atomic E-state index is -0.844. The fraction of sp³-hybridized carbons (Fsp3) is 0.292. The Morgan fingerprint density at radius 1 is 0.405 bits per heavy atom. The van der Waals surface area contributed by atoms with Gasteiger partial charge in [0.2, 0.25) is 5.88 Å². The van der Waals surface area contributed by atoms with Gasteiger partial charge >= 0.3 is 0 Å². The second-order valence-corrected chi connectivity index (χ2v) is 30.1. The summed E-state index contributed by atoms with van der Waals surface area (Å²) in [4.78, 5) is 107. The van der Waals surface area contributed by atoms with Crippen molar-refractivity contribution in [2.75, 3.05) is 172 Å². The van der Waals surface area contributed by atoms with Crippen LogP contribution in [0.5, 0.6) is 23.1 Å². The summed E-state index contributed by atoms with van der Waals surface area (Å²) in [5, 5.41) is 19.7. The molecular weight excluding hydrogens is 1620 g/mol. The quantitative estimate of drug-likeness (QED) is 0.0501. The number of methoxy groups -OCH3 is 4. The van der Waals surface area contributed by atoms with Crippen molar-refractivity contribution < 1.29 is 32.1 Å². The van der Waals surface area contributed by atoms with Crippen molar-refractivity contribution in [2.24, 2.45) is 0 Å².